The van der Waals surface area contributed by atoms with E-state index in [4.69, 9.17) is 5.26 Å². The van der Waals surface area contributed by atoms with Gasteiger partial charge in [0.2, 0.25) is 11.9 Å². The van der Waals surface area contributed by atoms with Crippen molar-refractivity contribution < 1.29 is 4.79 Å². The molecule has 0 atom stereocenters. The molecule has 0 radical (unpaired) electrons. The Bertz CT molecular complexity index is 502. The van der Waals surface area contributed by atoms with Crippen molar-refractivity contribution >= 4 is 11.9 Å². The van der Waals surface area contributed by atoms with Crippen molar-refractivity contribution in [2.45, 2.75) is 26.2 Å². The first kappa shape index (κ1) is 13.3. The monoisotopic (exact) mass is 259 g/mol. The highest BCUT2D eigenvalue weighted by atomic mass is 16.2. The summed E-state index contributed by atoms with van der Waals surface area (Å²) in [7, 11) is 0. The van der Waals surface area contributed by atoms with Crippen molar-refractivity contribution in [1.82, 2.24) is 14.9 Å². The quantitative estimate of drug-likeness (QED) is 0.875. The highest BCUT2D eigenvalue weighted by Crippen LogP contribution is 2.09. The summed E-state index contributed by atoms with van der Waals surface area (Å²) in [6, 6.07) is 3.61. The number of nitriles is 1. The highest BCUT2D eigenvalue weighted by Gasteiger charge is 2.17. The Hall–Kier alpha value is -2.16. The molecule has 0 unspecified atom stereocenters. The first-order valence-corrected chi connectivity index (χ1v) is 6.46. The van der Waals surface area contributed by atoms with Crippen molar-refractivity contribution in [3.63, 3.8) is 0 Å². The second-order valence-electron chi connectivity index (χ2n) is 4.59. The zero-order valence-corrected chi connectivity index (χ0v) is 11.0. The first-order chi connectivity index (χ1) is 9.19. The van der Waals surface area contributed by atoms with E-state index in [9.17, 15) is 4.79 Å². The second-order valence-corrected chi connectivity index (χ2v) is 4.59. The van der Waals surface area contributed by atoms with Gasteiger partial charge >= 0.3 is 0 Å². The lowest BCUT2D eigenvalue weighted by Gasteiger charge is -2.15. The van der Waals surface area contributed by atoms with Crippen molar-refractivity contribution in [2.24, 2.45) is 0 Å². The second kappa shape index (κ2) is 6.14. The Morgan fingerprint density at radius 3 is 2.89 bits per heavy atom. The van der Waals surface area contributed by atoms with Gasteiger partial charge < -0.3 is 10.2 Å². The average molecular weight is 259 g/mol. The molecule has 0 bridgehead atoms. The number of nitrogens with zero attached hydrogens (tertiary/aromatic N) is 4. The minimum atomic E-state index is 0.165. The van der Waals surface area contributed by atoms with Gasteiger partial charge in [-0.15, -0.1) is 0 Å². The molecule has 1 aromatic rings. The molecule has 1 N–H and O–H groups in total. The van der Waals surface area contributed by atoms with Crippen molar-refractivity contribution in [3.8, 4) is 6.07 Å². The maximum absolute atomic E-state index is 11.8. The molecule has 1 aliphatic rings. The fourth-order valence-electron chi connectivity index (χ4n) is 2.11. The normalized spacial score (nSPS) is 14.2. The molecule has 0 aromatic carbocycles. The predicted octanol–water partition coefficient (Wildman–Crippen LogP) is 1.08. The summed E-state index contributed by atoms with van der Waals surface area (Å²) < 4.78 is 0. The van der Waals surface area contributed by atoms with Crippen molar-refractivity contribution in [1.29, 1.82) is 5.26 Å². The van der Waals surface area contributed by atoms with E-state index >= 15 is 0 Å². The molecule has 1 saturated heterocycles. The Morgan fingerprint density at radius 2 is 2.21 bits per heavy atom. The lowest BCUT2D eigenvalue weighted by Crippen LogP contribution is -2.29. The molecule has 0 aliphatic carbocycles. The number of hydrogen-bond donors (Lipinski definition) is 1. The van der Waals surface area contributed by atoms with E-state index in [2.05, 4.69) is 15.3 Å². The number of carbonyl (C=O) groups excluding carboxylic acids is 1. The molecule has 1 aromatic heterocycles. The summed E-state index contributed by atoms with van der Waals surface area (Å²) in [6.07, 6.45) is 2.64. The third kappa shape index (κ3) is 3.65. The maximum Gasteiger partial charge on any atom is 0.224 e. The minimum absolute atomic E-state index is 0.165. The Balaban J connectivity index is 1.84. The van der Waals surface area contributed by atoms with Crippen LogP contribution in [0.5, 0.6) is 0 Å². The van der Waals surface area contributed by atoms with E-state index in [0.717, 1.165) is 31.6 Å². The Kier molecular flexibility index (Phi) is 4.29. The van der Waals surface area contributed by atoms with Gasteiger partial charge in [0, 0.05) is 31.7 Å². The van der Waals surface area contributed by atoms with Gasteiger partial charge in [0.15, 0.2) is 0 Å². The molecule has 2 rings (SSSR count). The van der Waals surface area contributed by atoms with Crippen LogP contribution in [0.25, 0.3) is 0 Å². The number of likely N-dealkylation sites (tertiary alicyclic amines) is 1. The van der Waals surface area contributed by atoms with E-state index < -0.39 is 0 Å². The van der Waals surface area contributed by atoms with Gasteiger partial charge in [-0.25, -0.2) is 9.97 Å². The molecule has 1 aliphatic heterocycles. The molecular weight excluding hydrogens is 242 g/mol. The number of aromatic nitrogens is 2. The van der Waals surface area contributed by atoms with Crippen LogP contribution in [0.15, 0.2) is 6.07 Å². The first-order valence-electron chi connectivity index (χ1n) is 6.46. The number of nitrogens with one attached hydrogen (secondary N) is 1. The van der Waals surface area contributed by atoms with Gasteiger partial charge in [-0.05, 0) is 25.8 Å². The van der Waals surface area contributed by atoms with Crippen LogP contribution < -0.4 is 5.32 Å². The predicted molar refractivity (Wildman–Crippen MR) is 70.4 cm³/mol. The van der Waals surface area contributed by atoms with Crippen LogP contribution >= 0.6 is 0 Å². The molecule has 19 heavy (non-hydrogen) atoms. The lowest BCUT2D eigenvalue weighted by molar-refractivity contribution is -0.129. The number of carbonyl (C=O) groups is 1. The van der Waals surface area contributed by atoms with E-state index in [-0.39, 0.29) is 5.91 Å². The van der Waals surface area contributed by atoms with E-state index in [0.29, 0.717) is 24.6 Å². The van der Waals surface area contributed by atoms with E-state index in [1.165, 1.54) is 0 Å². The van der Waals surface area contributed by atoms with Crippen LogP contribution in [0.3, 0.4) is 0 Å². The average Bonchev–Trinajstić information content (AvgIpc) is 2.92. The van der Waals surface area contributed by atoms with Crippen LogP contribution in [-0.4, -0.2) is 40.4 Å². The molecule has 6 heteroatoms. The van der Waals surface area contributed by atoms with Crippen molar-refractivity contribution in [3.05, 3.63) is 17.5 Å². The number of anilines is 1. The number of hydrogen-bond acceptors (Lipinski definition) is 5. The largest absolute Gasteiger partial charge is 0.354 e. The summed E-state index contributed by atoms with van der Waals surface area (Å²) in [5.74, 6) is 0.573. The standard InChI is InChI=1S/C13H17N5O/c1-10-8-11(9-14)17-13(16-10)15-5-4-12(19)18-6-2-3-7-18/h8H,2-7H2,1H3,(H,15,16,17). The van der Waals surface area contributed by atoms with Crippen LogP contribution in [0.1, 0.15) is 30.7 Å². The summed E-state index contributed by atoms with van der Waals surface area (Å²) in [5, 5.41) is 11.8. The summed E-state index contributed by atoms with van der Waals surface area (Å²) in [6.45, 7) is 4.05. The summed E-state index contributed by atoms with van der Waals surface area (Å²) in [5.41, 5.74) is 1.07. The lowest BCUT2D eigenvalue weighted by atomic mass is 10.3. The van der Waals surface area contributed by atoms with Crippen LogP contribution in [0.4, 0.5) is 5.95 Å². The summed E-state index contributed by atoms with van der Waals surface area (Å²) >= 11 is 0. The zero-order chi connectivity index (χ0) is 13.7. The summed E-state index contributed by atoms with van der Waals surface area (Å²) in [4.78, 5) is 21.9. The molecule has 1 fully saturated rings. The topological polar surface area (TPSA) is 81.9 Å². The molecule has 6 nitrogen and oxygen atoms in total. The molecule has 2 heterocycles. The molecular formula is C13H17N5O. The fraction of sp³-hybridized carbons (Fsp3) is 0.538. The van der Waals surface area contributed by atoms with E-state index in [1.807, 2.05) is 17.9 Å². The van der Waals surface area contributed by atoms with Gasteiger partial charge in [0.25, 0.3) is 0 Å². The van der Waals surface area contributed by atoms with Gasteiger partial charge in [-0.1, -0.05) is 0 Å². The van der Waals surface area contributed by atoms with Crippen LogP contribution in [-0.2, 0) is 4.79 Å². The number of rotatable bonds is 4. The number of amides is 1. The third-order valence-corrected chi connectivity index (χ3v) is 3.05. The zero-order valence-electron chi connectivity index (χ0n) is 11.0. The SMILES string of the molecule is Cc1cc(C#N)nc(NCCC(=O)N2CCCC2)n1. The number of aryl methyl sites for hydroxylation is 1. The third-order valence-electron chi connectivity index (χ3n) is 3.05. The highest BCUT2D eigenvalue weighted by molar-refractivity contribution is 5.76. The molecule has 1 amide bonds. The van der Waals surface area contributed by atoms with Crippen LogP contribution in [0.2, 0.25) is 0 Å². The van der Waals surface area contributed by atoms with Crippen LogP contribution in [0, 0.1) is 18.3 Å². The fourth-order valence-corrected chi connectivity index (χ4v) is 2.11. The van der Waals surface area contributed by atoms with Gasteiger partial charge in [-0.3, -0.25) is 4.79 Å². The van der Waals surface area contributed by atoms with Crippen molar-refractivity contribution in [2.75, 3.05) is 25.0 Å². The molecule has 100 valence electrons. The van der Waals surface area contributed by atoms with Gasteiger partial charge in [-0.2, -0.15) is 5.26 Å². The molecule has 0 saturated carbocycles. The minimum Gasteiger partial charge on any atom is -0.354 e. The maximum atomic E-state index is 11.8. The van der Waals surface area contributed by atoms with E-state index in [1.54, 1.807) is 6.07 Å². The molecule has 0 spiro atoms. The van der Waals surface area contributed by atoms with Gasteiger partial charge in [0.1, 0.15) is 11.8 Å². The Morgan fingerprint density at radius 1 is 1.47 bits per heavy atom. The smallest absolute Gasteiger partial charge is 0.224 e. The Labute approximate surface area is 112 Å². The van der Waals surface area contributed by atoms with Gasteiger partial charge in [0.05, 0.1) is 0 Å².